The SMILES string of the molecule is CC1CCC(OC2CCN(C(=O)CC3CCCN3)CC2)CC1. The number of likely N-dealkylation sites (tertiary alicyclic amines) is 1. The van der Waals surface area contributed by atoms with E-state index >= 15 is 0 Å². The van der Waals surface area contributed by atoms with Crippen molar-refractivity contribution in [2.75, 3.05) is 19.6 Å². The Balaban J connectivity index is 1.35. The van der Waals surface area contributed by atoms with Crippen molar-refractivity contribution in [2.45, 2.75) is 83.0 Å². The first kappa shape index (κ1) is 16.3. The van der Waals surface area contributed by atoms with Crippen LogP contribution in [-0.2, 0) is 9.53 Å². The van der Waals surface area contributed by atoms with Crippen LogP contribution < -0.4 is 5.32 Å². The first-order valence-corrected chi connectivity index (χ1v) is 9.37. The van der Waals surface area contributed by atoms with Gasteiger partial charge in [-0.1, -0.05) is 6.92 Å². The molecule has 0 aromatic rings. The molecule has 2 saturated heterocycles. The first-order chi connectivity index (χ1) is 10.7. The second-order valence-electron chi connectivity index (χ2n) is 7.60. The van der Waals surface area contributed by atoms with E-state index in [2.05, 4.69) is 17.1 Å². The normalized spacial score (nSPS) is 34.0. The summed E-state index contributed by atoms with van der Waals surface area (Å²) >= 11 is 0. The van der Waals surface area contributed by atoms with Crippen molar-refractivity contribution in [3.8, 4) is 0 Å². The Morgan fingerprint density at radius 1 is 1.05 bits per heavy atom. The van der Waals surface area contributed by atoms with Gasteiger partial charge in [-0.2, -0.15) is 0 Å². The summed E-state index contributed by atoms with van der Waals surface area (Å²) in [5.41, 5.74) is 0. The Bertz CT molecular complexity index is 352. The number of carbonyl (C=O) groups is 1. The summed E-state index contributed by atoms with van der Waals surface area (Å²) in [5.74, 6) is 1.22. The molecule has 0 radical (unpaired) electrons. The van der Waals surface area contributed by atoms with E-state index < -0.39 is 0 Å². The van der Waals surface area contributed by atoms with Crippen LogP contribution in [0, 0.1) is 5.92 Å². The zero-order valence-corrected chi connectivity index (χ0v) is 14.1. The number of piperidine rings is 1. The van der Waals surface area contributed by atoms with E-state index in [0.717, 1.165) is 44.8 Å². The number of carbonyl (C=O) groups excluding carboxylic acids is 1. The average Bonchev–Trinajstić information content (AvgIpc) is 3.03. The minimum Gasteiger partial charge on any atom is -0.375 e. The van der Waals surface area contributed by atoms with Crippen molar-refractivity contribution in [1.29, 1.82) is 0 Å². The highest BCUT2D eigenvalue weighted by Crippen LogP contribution is 2.28. The number of rotatable bonds is 4. The third-order valence-electron chi connectivity index (χ3n) is 5.73. The van der Waals surface area contributed by atoms with Crippen LogP contribution in [0.4, 0.5) is 0 Å². The minimum atomic E-state index is 0.337. The molecular weight excluding hydrogens is 276 g/mol. The second-order valence-corrected chi connectivity index (χ2v) is 7.60. The Morgan fingerprint density at radius 3 is 2.36 bits per heavy atom. The van der Waals surface area contributed by atoms with Crippen LogP contribution in [-0.4, -0.2) is 48.7 Å². The lowest BCUT2D eigenvalue weighted by atomic mass is 9.88. The van der Waals surface area contributed by atoms with Gasteiger partial charge in [-0.3, -0.25) is 4.79 Å². The maximum absolute atomic E-state index is 12.3. The van der Waals surface area contributed by atoms with Gasteiger partial charge in [0, 0.05) is 25.6 Å². The third-order valence-corrected chi connectivity index (χ3v) is 5.73. The number of nitrogens with one attached hydrogen (secondary N) is 1. The van der Waals surface area contributed by atoms with Crippen LogP contribution in [0.15, 0.2) is 0 Å². The van der Waals surface area contributed by atoms with Gasteiger partial charge in [0.05, 0.1) is 12.2 Å². The highest BCUT2D eigenvalue weighted by atomic mass is 16.5. The molecule has 1 saturated carbocycles. The zero-order chi connectivity index (χ0) is 15.4. The summed E-state index contributed by atoms with van der Waals surface area (Å²) < 4.78 is 6.29. The first-order valence-electron chi connectivity index (χ1n) is 9.37. The van der Waals surface area contributed by atoms with Gasteiger partial charge in [0.15, 0.2) is 0 Å². The number of amides is 1. The molecule has 4 nitrogen and oxygen atoms in total. The van der Waals surface area contributed by atoms with E-state index in [0.29, 0.717) is 30.6 Å². The van der Waals surface area contributed by atoms with E-state index in [-0.39, 0.29) is 0 Å². The molecule has 4 heteroatoms. The maximum atomic E-state index is 12.3. The molecule has 1 aliphatic carbocycles. The molecule has 1 N–H and O–H groups in total. The van der Waals surface area contributed by atoms with Crippen molar-refractivity contribution in [1.82, 2.24) is 10.2 Å². The average molecular weight is 308 g/mol. The summed E-state index contributed by atoms with van der Waals surface area (Å²) in [6.07, 6.45) is 11.1. The largest absolute Gasteiger partial charge is 0.375 e. The quantitative estimate of drug-likeness (QED) is 0.868. The van der Waals surface area contributed by atoms with Gasteiger partial charge in [0.25, 0.3) is 0 Å². The van der Waals surface area contributed by atoms with Crippen molar-refractivity contribution in [3.63, 3.8) is 0 Å². The summed E-state index contributed by atoms with van der Waals surface area (Å²) in [4.78, 5) is 14.4. The number of hydrogen-bond donors (Lipinski definition) is 1. The molecule has 22 heavy (non-hydrogen) atoms. The molecule has 3 fully saturated rings. The molecule has 1 unspecified atom stereocenters. The fraction of sp³-hybridized carbons (Fsp3) is 0.944. The molecule has 0 aromatic carbocycles. The molecule has 3 rings (SSSR count). The van der Waals surface area contributed by atoms with E-state index in [4.69, 9.17) is 4.74 Å². The lowest BCUT2D eigenvalue weighted by Gasteiger charge is -2.36. The van der Waals surface area contributed by atoms with E-state index in [1.165, 1.54) is 32.1 Å². The van der Waals surface area contributed by atoms with Crippen LogP contribution in [0.1, 0.15) is 64.7 Å². The van der Waals surface area contributed by atoms with Gasteiger partial charge in [0.1, 0.15) is 0 Å². The topological polar surface area (TPSA) is 41.6 Å². The van der Waals surface area contributed by atoms with Gasteiger partial charge in [-0.15, -0.1) is 0 Å². The molecule has 1 amide bonds. The zero-order valence-electron chi connectivity index (χ0n) is 14.1. The van der Waals surface area contributed by atoms with Crippen molar-refractivity contribution < 1.29 is 9.53 Å². The molecule has 0 spiro atoms. The summed E-state index contributed by atoms with van der Waals surface area (Å²) in [6.45, 7) is 5.20. The van der Waals surface area contributed by atoms with Crippen molar-refractivity contribution >= 4 is 5.91 Å². The Morgan fingerprint density at radius 2 is 1.73 bits per heavy atom. The van der Waals surface area contributed by atoms with Gasteiger partial charge in [-0.25, -0.2) is 0 Å². The predicted octanol–water partition coefficient (Wildman–Crippen LogP) is 2.71. The lowest BCUT2D eigenvalue weighted by molar-refractivity contribution is -0.135. The monoisotopic (exact) mass is 308 g/mol. The number of hydrogen-bond acceptors (Lipinski definition) is 3. The fourth-order valence-corrected chi connectivity index (χ4v) is 4.15. The number of nitrogens with zero attached hydrogens (tertiary/aromatic N) is 1. The van der Waals surface area contributed by atoms with Crippen LogP contribution in [0.25, 0.3) is 0 Å². The molecule has 0 bridgehead atoms. The highest BCUT2D eigenvalue weighted by Gasteiger charge is 2.28. The summed E-state index contributed by atoms with van der Waals surface area (Å²) in [7, 11) is 0. The molecule has 3 aliphatic rings. The van der Waals surface area contributed by atoms with Crippen LogP contribution in [0.5, 0.6) is 0 Å². The molecular formula is C18H32N2O2. The van der Waals surface area contributed by atoms with E-state index in [1.54, 1.807) is 0 Å². The fourth-order valence-electron chi connectivity index (χ4n) is 4.15. The van der Waals surface area contributed by atoms with Crippen LogP contribution in [0.3, 0.4) is 0 Å². The Kier molecular flexibility index (Phi) is 5.75. The summed E-state index contributed by atoms with van der Waals surface area (Å²) in [5, 5.41) is 3.42. The maximum Gasteiger partial charge on any atom is 0.224 e. The minimum absolute atomic E-state index is 0.337. The number of ether oxygens (including phenoxy) is 1. The Hall–Kier alpha value is -0.610. The third kappa shape index (κ3) is 4.45. The van der Waals surface area contributed by atoms with Gasteiger partial charge in [-0.05, 0) is 63.8 Å². The Labute approximate surface area is 135 Å². The van der Waals surface area contributed by atoms with Crippen LogP contribution >= 0.6 is 0 Å². The van der Waals surface area contributed by atoms with E-state index in [9.17, 15) is 4.79 Å². The van der Waals surface area contributed by atoms with Crippen LogP contribution in [0.2, 0.25) is 0 Å². The van der Waals surface area contributed by atoms with Crippen molar-refractivity contribution in [3.05, 3.63) is 0 Å². The standard InChI is InChI=1S/C18H32N2O2/c1-14-4-6-16(7-5-14)22-17-8-11-20(12-9-17)18(21)13-15-3-2-10-19-15/h14-17,19H,2-13H2,1H3. The molecule has 126 valence electrons. The second kappa shape index (κ2) is 7.78. The van der Waals surface area contributed by atoms with E-state index in [1.807, 2.05) is 0 Å². The van der Waals surface area contributed by atoms with Gasteiger partial charge < -0.3 is 15.0 Å². The molecule has 2 aliphatic heterocycles. The van der Waals surface area contributed by atoms with Gasteiger partial charge in [0.2, 0.25) is 5.91 Å². The van der Waals surface area contributed by atoms with Crippen molar-refractivity contribution in [2.24, 2.45) is 5.92 Å². The lowest BCUT2D eigenvalue weighted by Crippen LogP contribution is -2.43. The van der Waals surface area contributed by atoms with Gasteiger partial charge >= 0.3 is 0 Å². The predicted molar refractivity (Wildman–Crippen MR) is 87.7 cm³/mol. The smallest absolute Gasteiger partial charge is 0.224 e. The molecule has 1 atom stereocenters. The molecule has 2 heterocycles. The molecule has 0 aromatic heterocycles. The summed E-state index contributed by atoms with van der Waals surface area (Å²) in [6, 6.07) is 0.422. The highest BCUT2D eigenvalue weighted by molar-refractivity contribution is 5.77.